The summed E-state index contributed by atoms with van der Waals surface area (Å²) in [5, 5.41) is 12.9. The van der Waals surface area contributed by atoms with E-state index in [1.165, 1.54) is 6.42 Å². The summed E-state index contributed by atoms with van der Waals surface area (Å²) in [6, 6.07) is 0.514. The van der Waals surface area contributed by atoms with Gasteiger partial charge >= 0.3 is 0 Å². The van der Waals surface area contributed by atoms with E-state index in [2.05, 4.69) is 26.1 Å². The van der Waals surface area contributed by atoms with Gasteiger partial charge in [-0.1, -0.05) is 20.8 Å². The minimum absolute atomic E-state index is 0.248. The fourth-order valence-electron chi connectivity index (χ4n) is 2.95. The van der Waals surface area contributed by atoms with Crippen molar-refractivity contribution in [3.8, 4) is 0 Å². The predicted molar refractivity (Wildman–Crippen MR) is 48.9 cm³/mol. The van der Waals surface area contributed by atoms with Crippen molar-refractivity contribution in [3.63, 3.8) is 0 Å². The van der Waals surface area contributed by atoms with Crippen LogP contribution in [0, 0.1) is 16.7 Å². The molecule has 0 bridgehead atoms. The van der Waals surface area contributed by atoms with Gasteiger partial charge in [-0.3, -0.25) is 0 Å². The van der Waals surface area contributed by atoms with Crippen molar-refractivity contribution < 1.29 is 5.11 Å². The third-order valence-electron chi connectivity index (χ3n) is 3.58. The molecule has 0 aromatic heterocycles. The Hall–Kier alpha value is -0.0800. The third kappa shape index (κ3) is 0.944. The van der Waals surface area contributed by atoms with Gasteiger partial charge in [0, 0.05) is 11.5 Å². The summed E-state index contributed by atoms with van der Waals surface area (Å²) < 4.78 is 0. The molecule has 0 aromatic carbocycles. The van der Waals surface area contributed by atoms with Crippen LogP contribution in [-0.4, -0.2) is 24.3 Å². The molecule has 3 unspecified atom stereocenters. The predicted octanol–water partition coefficient (Wildman–Crippen LogP) is 1.00. The van der Waals surface area contributed by atoms with Gasteiger partial charge in [0.1, 0.15) is 0 Å². The number of hydrogen-bond donors (Lipinski definition) is 2. The lowest BCUT2D eigenvalue weighted by molar-refractivity contribution is 0.127. The average molecular weight is 169 g/mol. The van der Waals surface area contributed by atoms with E-state index in [9.17, 15) is 5.11 Å². The highest BCUT2D eigenvalue weighted by molar-refractivity contribution is 5.17. The fraction of sp³-hybridized carbons (Fsp3) is 1.00. The van der Waals surface area contributed by atoms with E-state index in [1.807, 2.05) is 0 Å². The van der Waals surface area contributed by atoms with Crippen molar-refractivity contribution in [2.24, 2.45) is 16.7 Å². The Balaban J connectivity index is 2.17. The van der Waals surface area contributed by atoms with Crippen molar-refractivity contribution in [1.29, 1.82) is 0 Å². The third-order valence-corrected chi connectivity index (χ3v) is 3.58. The van der Waals surface area contributed by atoms with Crippen LogP contribution in [0.15, 0.2) is 0 Å². The number of aliphatic hydroxyl groups excluding tert-OH is 1. The molecule has 2 nitrogen and oxygen atoms in total. The van der Waals surface area contributed by atoms with Gasteiger partial charge in [0.2, 0.25) is 0 Å². The second-order valence-corrected chi connectivity index (χ2v) is 5.50. The molecule has 1 saturated heterocycles. The van der Waals surface area contributed by atoms with E-state index in [-0.39, 0.29) is 10.8 Å². The van der Waals surface area contributed by atoms with E-state index in [0.717, 1.165) is 12.5 Å². The number of piperidine rings is 1. The molecule has 12 heavy (non-hydrogen) atoms. The Morgan fingerprint density at radius 1 is 1.50 bits per heavy atom. The lowest BCUT2D eigenvalue weighted by Crippen LogP contribution is -2.44. The topological polar surface area (TPSA) is 32.3 Å². The quantitative estimate of drug-likeness (QED) is 0.614. The molecular formula is C10H19NO. The Labute approximate surface area is 74.4 Å². The van der Waals surface area contributed by atoms with Crippen molar-refractivity contribution in [2.75, 3.05) is 13.2 Å². The lowest BCUT2D eigenvalue weighted by atomic mass is 9.78. The molecule has 2 rings (SSSR count). The summed E-state index contributed by atoms with van der Waals surface area (Å²) in [5.74, 6) is 0.756. The number of fused-ring (bicyclic) bond motifs is 1. The van der Waals surface area contributed by atoms with Crippen LogP contribution >= 0.6 is 0 Å². The summed E-state index contributed by atoms with van der Waals surface area (Å²) in [5.41, 5.74) is 0.534. The second kappa shape index (κ2) is 2.24. The first-order valence-electron chi connectivity index (χ1n) is 4.85. The second-order valence-electron chi connectivity index (χ2n) is 5.50. The number of hydrogen-bond acceptors (Lipinski definition) is 2. The number of aliphatic hydroxyl groups is 1. The molecule has 3 atom stereocenters. The molecule has 2 fully saturated rings. The van der Waals surface area contributed by atoms with Crippen LogP contribution in [0.4, 0.5) is 0 Å². The maximum atomic E-state index is 9.36. The standard InChI is InChI=1S/C10H19NO/c1-9(2,3)8-10(6-12)4-7(10)5-11-8/h7-8,11-12H,4-6H2,1-3H3. The maximum Gasteiger partial charge on any atom is 0.0505 e. The molecule has 1 aliphatic heterocycles. The minimum Gasteiger partial charge on any atom is -0.396 e. The molecule has 2 aliphatic rings. The zero-order valence-electron chi connectivity index (χ0n) is 8.22. The van der Waals surface area contributed by atoms with Crippen LogP contribution in [0.3, 0.4) is 0 Å². The first kappa shape index (κ1) is 8.52. The Bertz CT molecular complexity index is 193. The van der Waals surface area contributed by atoms with Crippen molar-refractivity contribution in [2.45, 2.75) is 33.2 Å². The fourth-order valence-corrected chi connectivity index (χ4v) is 2.95. The van der Waals surface area contributed by atoms with E-state index in [4.69, 9.17) is 0 Å². The van der Waals surface area contributed by atoms with Crippen molar-refractivity contribution >= 4 is 0 Å². The van der Waals surface area contributed by atoms with Gasteiger partial charge in [-0.15, -0.1) is 0 Å². The highest BCUT2D eigenvalue weighted by Crippen LogP contribution is 2.61. The minimum atomic E-state index is 0.248. The zero-order chi connectivity index (χ0) is 8.98. The smallest absolute Gasteiger partial charge is 0.0505 e. The molecule has 2 heteroatoms. The summed E-state index contributed by atoms with van der Waals surface area (Å²) in [6.45, 7) is 8.24. The molecule has 1 saturated carbocycles. The molecule has 70 valence electrons. The molecule has 1 aliphatic carbocycles. The SMILES string of the molecule is CC(C)(C)C1NCC2CC21CO. The van der Waals surface area contributed by atoms with Crippen molar-refractivity contribution in [3.05, 3.63) is 0 Å². The van der Waals surface area contributed by atoms with Crippen LogP contribution in [-0.2, 0) is 0 Å². The number of rotatable bonds is 1. The molecule has 0 amide bonds. The van der Waals surface area contributed by atoms with E-state index in [1.54, 1.807) is 0 Å². The lowest BCUT2D eigenvalue weighted by Gasteiger charge is -2.34. The highest BCUT2D eigenvalue weighted by atomic mass is 16.3. The van der Waals surface area contributed by atoms with Crippen LogP contribution in [0.1, 0.15) is 27.2 Å². The van der Waals surface area contributed by atoms with Crippen LogP contribution < -0.4 is 5.32 Å². The summed E-state index contributed by atoms with van der Waals surface area (Å²) in [4.78, 5) is 0. The van der Waals surface area contributed by atoms with Crippen molar-refractivity contribution in [1.82, 2.24) is 5.32 Å². The molecular weight excluding hydrogens is 150 g/mol. The first-order chi connectivity index (χ1) is 5.50. The summed E-state index contributed by atoms with van der Waals surface area (Å²) in [6.07, 6.45) is 1.23. The average Bonchev–Trinajstić information content (AvgIpc) is 2.55. The van der Waals surface area contributed by atoms with E-state index in [0.29, 0.717) is 12.6 Å². The Morgan fingerprint density at radius 3 is 2.50 bits per heavy atom. The molecule has 1 heterocycles. The summed E-state index contributed by atoms with van der Waals surface area (Å²) in [7, 11) is 0. The monoisotopic (exact) mass is 169 g/mol. The van der Waals surface area contributed by atoms with Gasteiger partial charge in [0.25, 0.3) is 0 Å². The van der Waals surface area contributed by atoms with Gasteiger partial charge in [0.15, 0.2) is 0 Å². The first-order valence-corrected chi connectivity index (χ1v) is 4.85. The van der Waals surface area contributed by atoms with Gasteiger partial charge in [0.05, 0.1) is 6.61 Å². The summed E-state index contributed by atoms with van der Waals surface area (Å²) >= 11 is 0. The molecule has 0 aromatic rings. The van der Waals surface area contributed by atoms with Gasteiger partial charge in [-0.25, -0.2) is 0 Å². The zero-order valence-corrected chi connectivity index (χ0v) is 8.22. The maximum absolute atomic E-state index is 9.36. The molecule has 0 spiro atoms. The molecule has 2 N–H and O–H groups in total. The van der Waals surface area contributed by atoms with Gasteiger partial charge < -0.3 is 10.4 Å². The van der Waals surface area contributed by atoms with Gasteiger partial charge in [-0.05, 0) is 24.3 Å². The van der Waals surface area contributed by atoms with Gasteiger partial charge in [-0.2, -0.15) is 0 Å². The Morgan fingerprint density at radius 2 is 2.17 bits per heavy atom. The van der Waals surface area contributed by atoms with Crippen LogP contribution in [0.25, 0.3) is 0 Å². The van der Waals surface area contributed by atoms with Crippen LogP contribution in [0.2, 0.25) is 0 Å². The van der Waals surface area contributed by atoms with E-state index < -0.39 is 0 Å². The number of nitrogens with one attached hydrogen (secondary N) is 1. The van der Waals surface area contributed by atoms with E-state index >= 15 is 0 Å². The normalized spacial score (nSPS) is 46.0. The Kier molecular flexibility index (Phi) is 1.59. The van der Waals surface area contributed by atoms with Crippen LogP contribution in [0.5, 0.6) is 0 Å². The highest BCUT2D eigenvalue weighted by Gasteiger charge is 2.64. The molecule has 0 radical (unpaired) electrons. The largest absolute Gasteiger partial charge is 0.396 e.